The number of benzene rings is 1. The van der Waals surface area contributed by atoms with Gasteiger partial charge in [0, 0.05) is 0 Å². The van der Waals surface area contributed by atoms with Crippen molar-refractivity contribution in [2.24, 2.45) is 0 Å². The van der Waals surface area contributed by atoms with Gasteiger partial charge in [-0.05, 0) is 12.1 Å². The summed E-state index contributed by atoms with van der Waals surface area (Å²) in [6, 6.07) is 4.31. The highest BCUT2D eigenvalue weighted by Gasteiger charge is 2.07. The molecule has 0 unspecified atom stereocenters. The molecule has 0 aliphatic rings. The van der Waals surface area contributed by atoms with Gasteiger partial charge in [0.05, 0.1) is 0 Å². The molecule has 2 aromatic rings. The number of halogens is 1. The Balaban J connectivity index is 2.82. The molecule has 0 N–H and O–H groups in total. The maximum atomic E-state index is 12.9. The normalized spacial score (nSPS) is 10.4. The fourth-order valence-electron chi connectivity index (χ4n) is 0.982. The highest BCUT2D eigenvalue weighted by atomic mass is 19.1. The molecular formula is C8H4FNO2. The largest absolute Gasteiger partial charge is 0.434 e. The molecule has 2 rings (SSSR count). The molecule has 0 spiro atoms. The van der Waals surface area contributed by atoms with Crippen molar-refractivity contribution in [2.75, 3.05) is 0 Å². The van der Waals surface area contributed by atoms with Crippen LogP contribution >= 0.6 is 0 Å². The number of aldehydes is 1. The zero-order valence-electron chi connectivity index (χ0n) is 5.95. The smallest absolute Gasteiger partial charge is 0.260 e. The molecule has 0 bridgehead atoms. The molecule has 1 heterocycles. The van der Waals surface area contributed by atoms with Gasteiger partial charge in [0.15, 0.2) is 11.4 Å². The quantitative estimate of drug-likeness (QED) is 0.605. The van der Waals surface area contributed by atoms with Crippen LogP contribution < -0.4 is 0 Å². The van der Waals surface area contributed by atoms with Crippen LogP contribution in [-0.4, -0.2) is 11.3 Å². The Bertz CT molecular complexity index is 436. The summed E-state index contributed by atoms with van der Waals surface area (Å²) >= 11 is 0. The van der Waals surface area contributed by atoms with Crippen molar-refractivity contribution in [3.05, 3.63) is 29.9 Å². The topological polar surface area (TPSA) is 43.1 Å². The first kappa shape index (κ1) is 6.97. The monoisotopic (exact) mass is 165 g/mol. The summed E-state index contributed by atoms with van der Waals surface area (Å²) < 4.78 is 17.8. The summed E-state index contributed by atoms with van der Waals surface area (Å²) in [5.41, 5.74) is 0.386. The van der Waals surface area contributed by atoms with Crippen LogP contribution in [-0.2, 0) is 0 Å². The third kappa shape index (κ3) is 0.887. The molecule has 0 amide bonds. The Hall–Kier alpha value is -1.71. The van der Waals surface area contributed by atoms with Crippen molar-refractivity contribution in [3.63, 3.8) is 0 Å². The summed E-state index contributed by atoms with van der Waals surface area (Å²) in [4.78, 5) is 13.8. The van der Waals surface area contributed by atoms with Crippen LogP contribution in [0, 0.1) is 5.82 Å². The predicted octanol–water partition coefficient (Wildman–Crippen LogP) is 1.78. The molecule has 0 aliphatic carbocycles. The highest BCUT2D eigenvalue weighted by Crippen LogP contribution is 2.16. The van der Waals surface area contributed by atoms with E-state index >= 15 is 0 Å². The van der Waals surface area contributed by atoms with E-state index in [-0.39, 0.29) is 17.0 Å². The van der Waals surface area contributed by atoms with E-state index in [9.17, 15) is 9.18 Å². The standard InChI is InChI=1S/C8H4FNO2/c9-5-2-1-3-6-8(5)10-7(4-11)12-6/h1-4H. The Labute approximate surface area is 66.8 Å². The average molecular weight is 165 g/mol. The van der Waals surface area contributed by atoms with E-state index in [2.05, 4.69) is 4.98 Å². The fraction of sp³-hybridized carbons (Fsp3) is 0. The maximum absolute atomic E-state index is 12.9. The fourth-order valence-corrected chi connectivity index (χ4v) is 0.982. The molecule has 0 atom stereocenters. The molecular weight excluding hydrogens is 161 g/mol. The molecule has 1 aromatic carbocycles. The Morgan fingerprint density at radius 2 is 2.33 bits per heavy atom. The number of carbonyl (C=O) groups is 1. The van der Waals surface area contributed by atoms with Crippen LogP contribution in [0.15, 0.2) is 22.6 Å². The molecule has 0 aliphatic heterocycles. The van der Waals surface area contributed by atoms with Gasteiger partial charge in [-0.1, -0.05) is 6.07 Å². The first-order chi connectivity index (χ1) is 5.81. The van der Waals surface area contributed by atoms with Crippen molar-refractivity contribution < 1.29 is 13.6 Å². The van der Waals surface area contributed by atoms with Gasteiger partial charge in [-0.25, -0.2) is 9.37 Å². The number of para-hydroxylation sites is 1. The van der Waals surface area contributed by atoms with Gasteiger partial charge in [0.2, 0.25) is 6.29 Å². The number of aromatic nitrogens is 1. The molecule has 4 heteroatoms. The van der Waals surface area contributed by atoms with Gasteiger partial charge in [-0.15, -0.1) is 0 Å². The summed E-state index contributed by atoms with van der Waals surface area (Å²) in [6.07, 6.45) is 0.444. The van der Waals surface area contributed by atoms with E-state index < -0.39 is 5.82 Å². The average Bonchev–Trinajstić information content (AvgIpc) is 2.49. The lowest BCUT2D eigenvalue weighted by Crippen LogP contribution is -1.78. The lowest BCUT2D eigenvalue weighted by atomic mass is 10.3. The third-order valence-corrected chi connectivity index (χ3v) is 1.49. The Morgan fingerprint density at radius 3 is 3.00 bits per heavy atom. The summed E-state index contributed by atoms with van der Waals surface area (Å²) in [5.74, 6) is -0.584. The van der Waals surface area contributed by atoms with Crippen LogP contribution in [0.4, 0.5) is 4.39 Å². The van der Waals surface area contributed by atoms with E-state index in [0.717, 1.165) is 0 Å². The minimum absolute atomic E-state index is 0.0969. The van der Waals surface area contributed by atoms with Gasteiger partial charge in [-0.2, -0.15) is 0 Å². The molecule has 60 valence electrons. The van der Waals surface area contributed by atoms with Crippen LogP contribution in [0.5, 0.6) is 0 Å². The number of rotatable bonds is 1. The number of carbonyl (C=O) groups excluding carboxylic acids is 1. The molecule has 3 nitrogen and oxygen atoms in total. The number of hydrogen-bond acceptors (Lipinski definition) is 3. The van der Waals surface area contributed by atoms with Crippen molar-refractivity contribution in [1.29, 1.82) is 0 Å². The van der Waals surface area contributed by atoms with Gasteiger partial charge in [0.1, 0.15) is 5.52 Å². The second-order valence-corrected chi connectivity index (χ2v) is 2.26. The van der Waals surface area contributed by atoms with Crippen molar-refractivity contribution in [3.8, 4) is 0 Å². The Morgan fingerprint density at radius 1 is 1.50 bits per heavy atom. The summed E-state index contributed by atoms with van der Waals surface area (Å²) in [7, 11) is 0. The lowest BCUT2D eigenvalue weighted by molar-refractivity contribution is 0.109. The van der Waals surface area contributed by atoms with E-state index in [1.54, 1.807) is 6.07 Å². The van der Waals surface area contributed by atoms with Crippen LogP contribution in [0.25, 0.3) is 11.1 Å². The molecule has 12 heavy (non-hydrogen) atoms. The summed E-state index contributed by atoms with van der Waals surface area (Å²) in [6.45, 7) is 0. The van der Waals surface area contributed by atoms with E-state index in [1.807, 2.05) is 0 Å². The predicted molar refractivity (Wildman–Crippen MR) is 39.4 cm³/mol. The van der Waals surface area contributed by atoms with Gasteiger partial charge in [-0.3, -0.25) is 4.79 Å². The molecule has 0 saturated carbocycles. The first-order valence-electron chi connectivity index (χ1n) is 3.31. The zero-order chi connectivity index (χ0) is 8.55. The van der Waals surface area contributed by atoms with Gasteiger partial charge >= 0.3 is 0 Å². The molecule has 0 radical (unpaired) electrons. The SMILES string of the molecule is O=Cc1nc2c(F)cccc2o1. The second kappa shape index (κ2) is 2.41. The third-order valence-electron chi connectivity index (χ3n) is 1.49. The molecule has 0 saturated heterocycles. The van der Waals surface area contributed by atoms with Gasteiger partial charge < -0.3 is 4.42 Å². The van der Waals surface area contributed by atoms with Crippen LogP contribution in [0.3, 0.4) is 0 Å². The number of oxazole rings is 1. The highest BCUT2D eigenvalue weighted by molar-refractivity contribution is 5.79. The zero-order valence-corrected chi connectivity index (χ0v) is 5.95. The summed E-state index contributed by atoms with van der Waals surface area (Å²) in [5, 5.41) is 0. The minimum Gasteiger partial charge on any atom is -0.434 e. The van der Waals surface area contributed by atoms with E-state index in [1.165, 1.54) is 12.1 Å². The number of fused-ring (bicyclic) bond motifs is 1. The number of nitrogens with zero attached hydrogens (tertiary/aromatic N) is 1. The van der Waals surface area contributed by atoms with Crippen LogP contribution in [0.1, 0.15) is 10.7 Å². The number of hydrogen-bond donors (Lipinski definition) is 0. The second-order valence-electron chi connectivity index (χ2n) is 2.26. The Kier molecular flexibility index (Phi) is 1.40. The minimum atomic E-state index is -0.482. The van der Waals surface area contributed by atoms with Crippen molar-refractivity contribution in [2.45, 2.75) is 0 Å². The van der Waals surface area contributed by atoms with E-state index in [4.69, 9.17) is 4.42 Å². The van der Waals surface area contributed by atoms with Crippen molar-refractivity contribution >= 4 is 17.4 Å². The van der Waals surface area contributed by atoms with E-state index in [0.29, 0.717) is 6.29 Å². The maximum Gasteiger partial charge on any atom is 0.260 e. The lowest BCUT2D eigenvalue weighted by Gasteiger charge is -1.85. The first-order valence-corrected chi connectivity index (χ1v) is 3.31. The molecule has 1 aromatic heterocycles. The van der Waals surface area contributed by atoms with Crippen molar-refractivity contribution in [1.82, 2.24) is 4.98 Å². The molecule has 0 fully saturated rings. The van der Waals surface area contributed by atoms with Crippen LogP contribution in [0.2, 0.25) is 0 Å². The van der Waals surface area contributed by atoms with Gasteiger partial charge in [0.25, 0.3) is 5.89 Å².